The van der Waals surface area contributed by atoms with Crippen LogP contribution in [0.4, 0.5) is 11.4 Å². The Morgan fingerprint density at radius 1 is 0.955 bits per heavy atom. The van der Waals surface area contributed by atoms with Crippen molar-refractivity contribution in [3.63, 3.8) is 0 Å². The second-order valence-electron chi connectivity index (χ2n) is 11.5. The summed E-state index contributed by atoms with van der Waals surface area (Å²) in [6.45, 7) is -0.629. The van der Waals surface area contributed by atoms with E-state index >= 15 is 0 Å². The zero-order chi connectivity index (χ0) is 30.7. The van der Waals surface area contributed by atoms with Crippen LogP contribution in [0.3, 0.4) is 0 Å². The van der Waals surface area contributed by atoms with Crippen molar-refractivity contribution in [3.8, 4) is 11.3 Å². The molecular weight excluding hydrogens is 586 g/mol. The summed E-state index contributed by atoms with van der Waals surface area (Å²) in [4.78, 5) is 68.9. The van der Waals surface area contributed by atoms with Gasteiger partial charge in [-0.25, -0.2) is 9.78 Å². The molecule has 2 saturated carbocycles. The molecule has 4 atom stereocenters. The Hall–Kier alpha value is -4.96. The number of non-ortho nitro benzene ring substituents is 1. The number of carbonyl (C=O) groups excluding carboxylic acids is 4. The lowest BCUT2D eigenvalue weighted by Gasteiger charge is -2.19. The number of amides is 2. The molecule has 2 aliphatic carbocycles. The quantitative estimate of drug-likeness (QED) is 0.0813. The van der Waals surface area contributed by atoms with Crippen LogP contribution >= 0.6 is 11.6 Å². The maximum atomic E-state index is 13.3. The summed E-state index contributed by atoms with van der Waals surface area (Å²) < 4.78 is 5.34. The van der Waals surface area contributed by atoms with E-state index in [1.165, 1.54) is 29.2 Å². The number of pyridine rings is 1. The minimum atomic E-state index is -0.800. The van der Waals surface area contributed by atoms with Crippen molar-refractivity contribution in [2.24, 2.45) is 23.7 Å². The first-order valence-corrected chi connectivity index (χ1v) is 14.6. The number of aromatic nitrogens is 1. The summed E-state index contributed by atoms with van der Waals surface area (Å²) in [5, 5.41) is 11.9. The fourth-order valence-corrected chi connectivity index (χ4v) is 7.22. The highest BCUT2D eigenvalue weighted by Crippen LogP contribution is 2.56. The van der Waals surface area contributed by atoms with Crippen LogP contribution in [0.5, 0.6) is 0 Å². The van der Waals surface area contributed by atoms with E-state index in [0.717, 1.165) is 25.3 Å². The molecule has 11 heteroatoms. The zero-order valence-corrected chi connectivity index (χ0v) is 23.9. The largest absolute Gasteiger partial charge is 0.454 e. The smallest absolute Gasteiger partial charge is 0.339 e. The summed E-state index contributed by atoms with van der Waals surface area (Å²) in [7, 11) is 0. The fourth-order valence-electron chi connectivity index (χ4n) is 7.04. The maximum absolute atomic E-state index is 13.3. The van der Waals surface area contributed by atoms with Gasteiger partial charge in [0.25, 0.3) is 5.69 Å². The van der Waals surface area contributed by atoms with Gasteiger partial charge in [-0.2, -0.15) is 0 Å². The lowest BCUT2D eigenvalue weighted by Crippen LogP contribution is -2.32. The molecule has 3 fully saturated rings. The Morgan fingerprint density at radius 3 is 2.34 bits per heavy atom. The van der Waals surface area contributed by atoms with Gasteiger partial charge in [0.05, 0.1) is 39.2 Å². The van der Waals surface area contributed by atoms with Gasteiger partial charge in [0.2, 0.25) is 17.6 Å². The molecule has 2 amide bonds. The number of nitro groups is 1. The molecular formula is C33H24ClN3O7. The van der Waals surface area contributed by atoms with E-state index in [2.05, 4.69) is 4.98 Å². The number of nitrogens with zero attached hydrogens (tertiary/aromatic N) is 3. The first kappa shape index (κ1) is 27.8. The number of fused-ring (bicyclic) bond motifs is 6. The number of rotatable bonds is 7. The third-order valence-electron chi connectivity index (χ3n) is 9.05. The van der Waals surface area contributed by atoms with Crippen LogP contribution in [-0.4, -0.2) is 40.1 Å². The normalized spacial score (nSPS) is 22.0. The van der Waals surface area contributed by atoms with Crippen LogP contribution in [0.15, 0.2) is 72.8 Å². The van der Waals surface area contributed by atoms with Gasteiger partial charge in [0, 0.05) is 33.7 Å². The summed E-state index contributed by atoms with van der Waals surface area (Å²) in [5.74, 6) is -1.49. The van der Waals surface area contributed by atoms with Gasteiger partial charge in [-0.3, -0.25) is 29.4 Å². The molecule has 44 heavy (non-hydrogen) atoms. The van der Waals surface area contributed by atoms with Crippen LogP contribution in [0.25, 0.3) is 22.2 Å². The lowest BCUT2D eigenvalue weighted by atomic mass is 9.81. The SMILES string of the molecule is O=C(COC(=O)c1cc(-c2ccc(N3C(=O)C4C5CCC(C5)C4C3=O)cc2)nc2ccc(Cl)cc12)c1cccc([N+](=O)[O-])c1. The van der Waals surface area contributed by atoms with Crippen molar-refractivity contribution >= 4 is 57.4 Å². The molecule has 220 valence electrons. The highest BCUT2D eigenvalue weighted by Gasteiger charge is 2.61. The molecule has 4 unspecified atom stereocenters. The number of esters is 1. The minimum Gasteiger partial charge on any atom is -0.454 e. The van der Waals surface area contributed by atoms with E-state index in [1.54, 1.807) is 42.5 Å². The first-order chi connectivity index (χ1) is 21.2. The van der Waals surface area contributed by atoms with E-state index in [0.29, 0.717) is 44.7 Å². The Balaban J connectivity index is 1.15. The number of anilines is 1. The monoisotopic (exact) mass is 609 g/mol. The number of nitro benzene ring substituents is 1. The molecule has 0 N–H and O–H groups in total. The van der Waals surface area contributed by atoms with Crippen LogP contribution < -0.4 is 4.90 Å². The summed E-state index contributed by atoms with van der Waals surface area (Å²) in [5.41, 5.74) is 1.94. The molecule has 4 aromatic rings. The van der Waals surface area contributed by atoms with Gasteiger partial charge in [-0.15, -0.1) is 0 Å². The standard InChI is InChI=1S/C33H24ClN3O7/c34-21-8-11-26-24(14-21)25(33(41)44-16-28(38)18-2-1-3-23(13-18)37(42)43)15-27(35-26)17-6-9-22(10-7-17)36-31(39)29-19-4-5-20(12-19)30(29)32(36)40/h1-3,6-11,13-15,19-20,29-30H,4-5,12,16H2. The highest BCUT2D eigenvalue weighted by atomic mass is 35.5. The molecule has 1 saturated heterocycles. The topological polar surface area (TPSA) is 137 Å². The molecule has 10 nitrogen and oxygen atoms in total. The number of imide groups is 1. The maximum Gasteiger partial charge on any atom is 0.339 e. The number of hydrogen-bond donors (Lipinski definition) is 0. The summed E-state index contributed by atoms with van der Waals surface area (Å²) >= 11 is 6.21. The van der Waals surface area contributed by atoms with Crippen LogP contribution in [0, 0.1) is 33.8 Å². The summed E-state index contributed by atoms with van der Waals surface area (Å²) in [6, 6.07) is 18.5. The van der Waals surface area contributed by atoms with Crippen LogP contribution in [-0.2, 0) is 14.3 Å². The van der Waals surface area contributed by atoms with Gasteiger partial charge in [0.15, 0.2) is 6.61 Å². The molecule has 3 aliphatic rings. The second kappa shape index (κ2) is 10.6. The number of hydrogen-bond acceptors (Lipinski definition) is 8. The Labute approximate surface area is 255 Å². The third-order valence-corrected chi connectivity index (χ3v) is 9.29. The Morgan fingerprint density at radius 2 is 1.66 bits per heavy atom. The minimum absolute atomic E-state index is 0.0432. The Bertz CT molecular complexity index is 1880. The molecule has 0 spiro atoms. The average molecular weight is 610 g/mol. The Kier molecular flexibility index (Phi) is 6.73. The molecule has 2 heterocycles. The van der Waals surface area contributed by atoms with Crippen molar-refractivity contribution < 1.29 is 28.8 Å². The van der Waals surface area contributed by atoms with E-state index in [-0.39, 0.29) is 40.5 Å². The number of Topliss-reactive ketones (excluding diaryl/α,β-unsaturated/α-hetero) is 1. The van der Waals surface area contributed by atoms with Crippen molar-refractivity contribution in [3.05, 3.63) is 99.1 Å². The van der Waals surface area contributed by atoms with Crippen molar-refractivity contribution in [1.82, 2.24) is 4.98 Å². The van der Waals surface area contributed by atoms with E-state index < -0.39 is 23.3 Å². The first-order valence-electron chi connectivity index (χ1n) is 14.2. The van der Waals surface area contributed by atoms with E-state index in [1.807, 2.05) is 0 Å². The third kappa shape index (κ3) is 4.62. The fraction of sp³-hybridized carbons (Fsp3) is 0.242. The number of carbonyl (C=O) groups is 4. The van der Waals surface area contributed by atoms with Gasteiger partial charge in [-0.05, 0) is 67.5 Å². The predicted octanol–water partition coefficient (Wildman–Crippen LogP) is 6.04. The molecule has 1 aliphatic heterocycles. The predicted molar refractivity (Wildman–Crippen MR) is 160 cm³/mol. The van der Waals surface area contributed by atoms with Gasteiger partial charge >= 0.3 is 5.97 Å². The van der Waals surface area contributed by atoms with Crippen molar-refractivity contribution in [2.75, 3.05) is 11.5 Å². The number of ketones is 1. The molecule has 2 bridgehead atoms. The average Bonchev–Trinajstić information content (AvgIpc) is 3.72. The van der Waals surface area contributed by atoms with E-state index in [9.17, 15) is 29.3 Å². The molecule has 1 aromatic heterocycles. The number of ether oxygens (including phenoxy) is 1. The van der Waals surface area contributed by atoms with Gasteiger partial charge in [0.1, 0.15) is 0 Å². The van der Waals surface area contributed by atoms with Gasteiger partial charge < -0.3 is 4.74 Å². The lowest BCUT2D eigenvalue weighted by molar-refractivity contribution is -0.384. The number of benzene rings is 3. The van der Waals surface area contributed by atoms with Crippen LogP contribution in [0.1, 0.15) is 40.0 Å². The van der Waals surface area contributed by atoms with Crippen molar-refractivity contribution in [1.29, 1.82) is 0 Å². The van der Waals surface area contributed by atoms with Crippen LogP contribution in [0.2, 0.25) is 5.02 Å². The second-order valence-corrected chi connectivity index (χ2v) is 11.9. The molecule has 7 rings (SSSR count). The van der Waals surface area contributed by atoms with E-state index in [4.69, 9.17) is 16.3 Å². The van der Waals surface area contributed by atoms with Crippen molar-refractivity contribution in [2.45, 2.75) is 19.3 Å². The summed E-state index contributed by atoms with van der Waals surface area (Å²) in [6.07, 6.45) is 2.97. The highest BCUT2D eigenvalue weighted by molar-refractivity contribution is 6.31. The molecule has 0 radical (unpaired) electrons. The number of halogens is 1. The molecule has 3 aromatic carbocycles. The zero-order valence-electron chi connectivity index (χ0n) is 23.1. The van der Waals surface area contributed by atoms with Gasteiger partial charge in [-0.1, -0.05) is 35.9 Å².